The summed E-state index contributed by atoms with van der Waals surface area (Å²) in [5.74, 6) is -0.237. The normalized spacial score (nSPS) is 11.9. The molecule has 0 aliphatic heterocycles. The maximum absolute atomic E-state index is 13.8. The van der Waals surface area contributed by atoms with Crippen molar-refractivity contribution in [1.29, 1.82) is 0 Å². The van der Waals surface area contributed by atoms with E-state index in [0.29, 0.717) is 10.6 Å². The zero-order valence-electron chi connectivity index (χ0n) is 10.9. The number of halogens is 2. The molecule has 3 N–H and O–H groups in total. The number of nitrogens with one attached hydrogen (secondary N) is 1. The second-order valence-corrected chi connectivity index (χ2v) is 5.80. The van der Waals surface area contributed by atoms with E-state index in [1.54, 1.807) is 12.1 Å². The van der Waals surface area contributed by atoms with Gasteiger partial charge in [0, 0.05) is 21.3 Å². The molecule has 0 heterocycles. The van der Waals surface area contributed by atoms with Gasteiger partial charge in [-0.3, -0.25) is 0 Å². The minimum atomic E-state index is -0.237. The summed E-state index contributed by atoms with van der Waals surface area (Å²) in [6.07, 6.45) is 0. The predicted octanol–water partition coefficient (Wildman–Crippen LogP) is 4.40. The Morgan fingerprint density at radius 2 is 2.00 bits per heavy atom. The van der Waals surface area contributed by atoms with Crippen LogP contribution < -0.4 is 11.1 Å². The summed E-state index contributed by atoms with van der Waals surface area (Å²) in [5.41, 5.74) is 7.83. The highest BCUT2D eigenvalue weighted by Gasteiger charge is 2.13. The van der Waals surface area contributed by atoms with Crippen LogP contribution in [0.25, 0.3) is 0 Å². The van der Waals surface area contributed by atoms with Gasteiger partial charge in [-0.1, -0.05) is 46.3 Å². The average molecular weight is 353 g/mol. The van der Waals surface area contributed by atoms with Crippen LogP contribution in [-0.2, 0) is 0 Å². The minimum absolute atomic E-state index is 0.196. The molecule has 2 nitrogen and oxygen atoms in total. The largest absolute Gasteiger partial charge is 0.389 e. The summed E-state index contributed by atoms with van der Waals surface area (Å²) in [6.45, 7) is 1.89. The third-order valence-corrected chi connectivity index (χ3v) is 3.70. The van der Waals surface area contributed by atoms with Crippen molar-refractivity contribution in [2.75, 3.05) is 5.32 Å². The number of hydrogen-bond donors (Lipinski definition) is 2. The molecule has 0 spiro atoms. The number of hydrogen-bond acceptors (Lipinski definition) is 2. The van der Waals surface area contributed by atoms with E-state index in [-0.39, 0.29) is 11.9 Å². The van der Waals surface area contributed by atoms with Crippen molar-refractivity contribution >= 4 is 38.8 Å². The molecule has 0 bridgehead atoms. The lowest BCUT2D eigenvalue weighted by Gasteiger charge is -2.19. The van der Waals surface area contributed by atoms with E-state index in [4.69, 9.17) is 18.0 Å². The summed E-state index contributed by atoms with van der Waals surface area (Å²) in [4.78, 5) is 0.306. The van der Waals surface area contributed by atoms with Crippen LogP contribution in [0.4, 0.5) is 10.1 Å². The SMILES string of the molecule is CC(Nc1cc(Br)ccc1C(N)=S)c1ccccc1F. The van der Waals surface area contributed by atoms with E-state index in [2.05, 4.69) is 21.2 Å². The molecule has 104 valence electrons. The fourth-order valence-corrected chi connectivity index (χ4v) is 2.53. The lowest BCUT2D eigenvalue weighted by molar-refractivity contribution is 0.600. The van der Waals surface area contributed by atoms with Gasteiger partial charge < -0.3 is 11.1 Å². The zero-order chi connectivity index (χ0) is 14.7. The molecule has 5 heteroatoms. The average Bonchev–Trinajstić information content (AvgIpc) is 2.38. The van der Waals surface area contributed by atoms with Gasteiger partial charge in [0.25, 0.3) is 0 Å². The Morgan fingerprint density at radius 3 is 2.65 bits per heavy atom. The van der Waals surface area contributed by atoms with Gasteiger partial charge in [-0.2, -0.15) is 0 Å². The van der Waals surface area contributed by atoms with Crippen LogP contribution in [0.5, 0.6) is 0 Å². The minimum Gasteiger partial charge on any atom is -0.389 e. The zero-order valence-corrected chi connectivity index (χ0v) is 13.3. The lowest BCUT2D eigenvalue weighted by Crippen LogP contribution is -2.15. The van der Waals surface area contributed by atoms with E-state index in [1.165, 1.54) is 6.07 Å². The number of benzene rings is 2. The fraction of sp³-hybridized carbons (Fsp3) is 0.133. The summed E-state index contributed by atoms with van der Waals surface area (Å²) in [5, 5.41) is 3.25. The summed E-state index contributed by atoms with van der Waals surface area (Å²) in [6, 6.07) is 12.1. The van der Waals surface area contributed by atoms with Gasteiger partial charge in [-0.25, -0.2) is 4.39 Å². The summed E-state index contributed by atoms with van der Waals surface area (Å²) < 4.78 is 14.7. The van der Waals surface area contributed by atoms with Crippen molar-refractivity contribution in [3.05, 3.63) is 63.9 Å². The van der Waals surface area contributed by atoms with Gasteiger partial charge in [0.05, 0.1) is 6.04 Å². The second kappa shape index (κ2) is 6.33. The van der Waals surface area contributed by atoms with Crippen molar-refractivity contribution in [2.24, 2.45) is 5.73 Å². The Labute approximate surface area is 131 Å². The third kappa shape index (κ3) is 3.35. The van der Waals surface area contributed by atoms with Crippen LogP contribution >= 0.6 is 28.1 Å². The van der Waals surface area contributed by atoms with Crippen molar-refractivity contribution in [1.82, 2.24) is 0 Å². The van der Waals surface area contributed by atoms with E-state index in [0.717, 1.165) is 15.7 Å². The molecular weight excluding hydrogens is 339 g/mol. The smallest absolute Gasteiger partial charge is 0.128 e. The fourth-order valence-electron chi connectivity index (χ4n) is 1.99. The highest BCUT2D eigenvalue weighted by atomic mass is 79.9. The Kier molecular flexibility index (Phi) is 4.73. The van der Waals surface area contributed by atoms with Gasteiger partial charge in [0.1, 0.15) is 10.8 Å². The quantitative estimate of drug-likeness (QED) is 0.801. The Morgan fingerprint density at radius 1 is 1.30 bits per heavy atom. The molecule has 1 atom stereocenters. The molecule has 0 aromatic heterocycles. The van der Waals surface area contributed by atoms with Gasteiger partial charge in [0.2, 0.25) is 0 Å². The molecule has 0 aliphatic carbocycles. The highest BCUT2D eigenvalue weighted by Crippen LogP contribution is 2.27. The van der Waals surface area contributed by atoms with Gasteiger partial charge in [0.15, 0.2) is 0 Å². The highest BCUT2D eigenvalue weighted by molar-refractivity contribution is 9.10. The van der Waals surface area contributed by atoms with Gasteiger partial charge in [-0.15, -0.1) is 0 Å². The van der Waals surface area contributed by atoms with Crippen LogP contribution in [0.2, 0.25) is 0 Å². The number of nitrogens with two attached hydrogens (primary N) is 1. The number of anilines is 1. The van der Waals surface area contributed by atoms with Gasteiger partial charge in [-0.05, 0) is 31.2 Å². The first-order valence-corrected chi connectivity index (χ1v) is 7.29. The van der Waals surface area contributed by atoms with Crippen molar-refractivity contribution in [2.45, 2.75) is 13.0 Å². The maximum Gasteiger partial charge on any atom is 0.128 e. The van der Waals surface area contributed by atoms with E-state index in [1.807, 2.05) is 31.2 Å². The van der Waals surface area contributed by atoms with Gasteiger partial charge >= 0.3 is 0 Å². The first-order chi connectivity index (χ1) is 9.49. The maximum atomic E-state index is 13.8. The molecule has 2 aromatic rings. The van der Waals surface area contributed by atoms with Crippen LogP contribution in [0.3, 0.4) is 0 Å². The molecular formula is C15H14BrFN2S. The van der Waals surface area contributed by atoms with Crippen LogP contribution in [0.15, 0.2) is 46.9 Å². The third-order valence-electron chi connectivity index (χ3n) is 2.99. The first-order valence-electron chi connectivity index (χ1n) is 6.09. The number of thiocarbonyl (C=S) groups is 1. The molecule has 20 heavy (non-hydrogen) atoms. The molecule has 2 rings (SSSR count). The molecule has 0 amide bonds. The van der Waals surface area contributed by atoms with Crippen LogP contribution in [0, 0.1) is 5.82 Å². The Bertz CT molecular complexity index is 646. The molecule has 2 aromatic carbocycles. The molecule has 0 saturated carbocycles. The van der Waals surface area contributed by atoms with Crippen molar-refractivity contribution < 1.29 is 4.39 Å². The molecule has 0 saturated heterocycles. The van der Waals surface area contributed by atoms with Crippen LogP contribution in [0.1, 0.15) is 24.1 Å². The topological polar surface area (TPSA) is 38.0 Å². The molecule has 0 aliphatic rings. The van der Waals surface area contributed by atoms with Crippen LogP contribution in [-0.4, -0.2) is 4.99 Å². The Hall–Kier alpha value is -1.46. The second-order valence-electron chi connectivity index (χ2n) is 4.44. The predicted molar refractivity (Wildman–Crippen MR) is 88.5 cm³/mol. The van der Waals surface area contributed by atoms with Crippen molar-refractivity contribution in [3.8, 4) is 0 Å². The molecule has 1 unspecified atom stereocenters. The van der Waals surface area contributed by atoms with E-state index < -0.39 is 0 Å². The summed E-state index contributed by atoms with van der Waals surface area (Å²) >= 11 is 8.44. The summed E-state index contributed by atoms with van der Waals surface area (Å²) in [7, 11) is 0. The van der Waals surface area contributed by atoms with E-state index >= 15 is 0 Å². The standard InChI is InChI=1S/C15H14BrFN2S/c1-9(11-4-2-3-5-13(11)17)19-14-8-10(16)6-7-12(14)15(18)20/h2-9,19H,1H3,(H2,18,20). The van der Waals surface area contributed by atoms with E-state index in [9.17, 15) is 4.39 Å². The molecule has 0 radical (unpaired) electrons. The van der Waals surface area contributed by atoms with Crippen molar-refractivity contribution in [3.63, 3.8) is 0 Å². The Balaban J connectivity index is 2.32. The molecule has 0 fully saturated rings. The first kappa shape index (κ1) is 14.9. The lowest BCUT2D eigenvalue weighted by atomic mass is 10.1. The monoisotopic (exact) mass is 352 g/mol. The number of rotatable bonds is 4.